The van der Waals surface area contributed by atoms with Gasteiger partial charge in [-0.05, 0) is 39.7 Å². The van der Waals surface area contributed by atoms with Gasteiger partial charge in [0.05, 0.1) is 23.6 Å². The average molecular weight is 407 g/mol. The SMILES string of the molecule is CCCC[C@@H]1C[C@@H](C(=O)N[C@@H]([C@H]2O[C@H](C)[C@H](O)[C@@H](O)[C@H]2O)[C@H](C)Cl)N(C)C1. The third-order valence-corrected chi connectivity index (χ3v) is 6.22. The standard InChI is InChI=1S/C19H35ClN2O5/c1-5-6-7-12-8-13(22(4)9-12)19(26)21-14(10(2)20)18-17(25)16(24)15(23)11(3)27-18/h10-18,23-25H,5-9H2,1-4H3,(H,21,26)/t10-,11+,12+,13-,14+,15-,16+,17+,18+/m0/s1. The van der Waals surface area contributed by atoms with Gasteiger partial charge in [0.25, 0.3) is 0 Å². The van der Waals surface area contributed by atoms with Crippen LogP contribution >= 0.6 is 11.6 Å². The van der Waals surface area contributed by atoms with E-state index in [4.69, 9.17) is 16.3 Å². The Morgan fingerprint density at radius 3 is 2.56 bits per heavy atom. The minimum absolute atomic E-state index is 0.141. The average Bonchev–Trinajstić information content (AvgIpc) is 2.99. The van der Waals surface area contributed by atoms with Crippen molar-refractivity contribution in [3.63, 3.8) is 0 Å². The van der Waals surface area contributed by atoms with E-state index in [1.807, 2.05) is 7.05 Å². The van der Waals surface area contributed by atoms with Crippen molar-refractivity contribution < 1.29 is 24.9 Å². The summed E-state index contributed by atoms with van der Waals surface area (Å²) in [5, 5.41) is 32.7. The van der Waals surface area contributed by atoms with Crippen molar-refractivity contribution in [1.29, 1.82) is 0 Å². The fourth-order valence-corrected chi connectivity index (χ4v) is 4.42. The molecule has 0 aliphatic carbocycles. The number of hydrogen-bond donors (Lipinski definition) is 4. The van der Waals surface area contributed by atoms with Crippen LogP contribution in [0.4, 0.5) is 0 Å². The van der Waals surface area contributed by atoms with Gasteiger partial charge in [0, 0.05) is 6.54 Å². The van der Waals surface area contributed by atoms with Crippen molar-refractivity contribution in [2.45, 2.75) is 94.4 Å². The fraction of sp³-hybridized carbons (Fsp3) is 0.947. The Bertz CT molecular complexity index is 495. The van der Waals surface area contributed by atoms with E-state index >= 15 is 0 Å². The minimum atomic E-state index is -1.35. The van der Waals surface area contributed by atoms with Crippen LogP contribution in [0.3, 0.4) is 0 Å². The van der Waals surface area contributed by atoms with Crippen LogP contribution < -0.4 is 5.32 Å². The first-order valence-electron chi connectivity index (χ1n) is 10.0. The third-order valence-electron chi connectivity index (χ3n) is 5.95. The van der Waals surface area contributed by atoms with Crippen LogP contribution in [0.2, 0.25) is 0 Å². The van der Waals surface area contributed by atoms with Gasteiger partial charge in [-0.1, -0.05) is 19.8 Å². The van der Waals surface area contributed by atoms with Gasteiger partial charge in [-0.15, -0.1) is 11.6 Å². The zero-order valence-corrected chi connectivity index (χ0v) is 17.5. The number of amides is 1. The molecule has 2 saturated heterocycles. The number of hydrogen-bond acceptors (Lipinski definition) is 6. The van der Waals surface area contributed by atoms with E-state index in [1.165, 1.54) is 0 Å². The second kappa shape index (κ2) is 9.85. The van der Waals surface area contributed by atoms with Gasteiger partial charge in [-0.3, -0.25) is 9.69 Å². The molecule has 2 fully saturated rings. The Balaban J connectivity index is 2.04. The van der Waals surface area contributed by atoms with E-state index in [-0.39, 0.29) is 11.9 Å². The molecular formula is C19H35ClN2O5. The fourth-order valence-electron chi connectivity index (χ4n) is 4.21. The van der Waals surface area contributed by atoms with Crippen LogP contribution in [0.1, 0.15) is 46.5 Å². The van der Waals surface area contributed by atoms with Gasteiger partial charge in [-0.2, -0.15) is 0 Å². The molecule has 2 rings (SSSR count). The molecule has 0 bridgehead atoms. The molecule has 0 aromatic rings. The maximum Gasteiger partial charge on any atom is 0.237 e. The number of aliphatic hydroxyl groups excluding tert-OH is 3. The summed E-state index contributed by atoms with van der Waals surface area (Å²) < 4.78 is 5.70. The Morgan fingerprint density at radius 1 is 1.30 bits per heavy atom. The van der Waals surface area contributed by atoms with Crippen molar-refractivity contribution in [3.05, 3.63) is 0 Å². The molecule has 2 aliphatic rings. The molecule has 0 saturated carbocycles. The molecule has 0 radical (unpaired) electrons. The molecular weight excluding hydrogens is 372 g/mol. The highest BCUT2D eigenvalue weighted by molar-refractivity contribution is 6.21. The molecule has 0 unspecified atom stereocenters. The van der Waals surface area contributed by atoms with Gasteiger partial charge in [0.2, 0.25) is 5.91 Å². The number of carbonyl (C=O) groups excluding carboxylic acids is 1. The van der Waals surface area contributed by atoms with Gasteiger partial charge in [-0.25, -0.2) is 0 Å². The highest BCUT2D eigenvalue weighted by Crippen LogP contribution is 2.28. The summed E-state index contributed by atoms with van der Waals surface area (Å²) in [6.45, 7) is 6.39. The topological polar surface area (TPSA) is 102 Å². The smallest absolute Gasteiger partial charge is 0.237 e. The molecule has 2 aliphatic heterocycles. The molecule has 7 nitrogen and oxygen atoms in total. The summed E-state index contributed by atoms with van der Waals surface area (Å²) in [4.78, 5) is 15.0. The summed E-state index contributed by atoms with van der Waals surface area (Å²) in [6.07, 6.45) is -1.20. The maximum atomic E-state index is 12.9. The molecule has 1 amide bonds. The number of likely N-dealkylation sites (tertiary alicyclic amines) is 1. The predicted octanol–water partition coefficient (Wildman–Crippen LogP) is 0.479. The third kappa shape index (κ3) is 5.34. The lowest BCUT2D eigenvalue weighted by Gasteiger charge is -2.43. The number of unbranched alkanes of at least 4 members (excludes halogenated alkanes) is 1. The van der Waals surface area contributed by atoms with Crippen LogP contribution in [0.25, 0.3) is 0 Å². The number of alkyl halides is 1. The molecule has 0 aromatic heterocycles. The van der Waals surface area contributed by atoms with Crippen LogP contribution in [0, 0.1) is 5.92 Å². The van der Waals surface area contributed by atoms with Gasteiger partial charge < -0.3 is 25.4 Å². The van der Waals surface area contributed by atoms with E-state index in [9.17, 15) is 20.1 Å². The monoisotopic (exact) mass is 406 g/mol. The number of carbonyl (C=O) groups is 1. The summed E-state index contributed by atoms with van der Waals surface area (Å²) in [5.74, 6) is 0.365. The van der Waals surface area contributed by atoms with E-state index in [0.29, 0.717) is 5.92 Å². The molecule has 4 N–H and O–H groups in total. The first kappa shape index (κ1) is 22.8. The quantitative estimate of drug-likeness (QED) is 0.459. The summed E-state index contributed by atoms with van der Waals surface area (Å²) in [5.41, 5.74) is 0. The van der Waals surface area contributed by atoms with Crippen LogP contribution in [-0.4, -0.2) is 87.7 Å². The lowest BCUT2D eigenvalue weighted by atomic mass is 9.90. The first-order chi connectivity index (χ1) is 12.7. The van der Waals surface area contributed by atoms with E-state index < -0.39 is 41.9 Å². The zero-order valence-electron chi connectivity index (χ0n) is 16.7. The Labute approximate surface area is 167 Å². The number of nitrogens with one attached hydrogen (secondary N) is 1. The van der Waals surface area contributed by atoms with Crippen LogP contribution in [0.15, 0.2) is 0 Å². The van der Waals surface area contributed by atoms with Crippen molar-refractivity contribution in [1.82, 2.24) is 10.2 Å². The number of ether oxygens (including phenoxy) is 1. The van der Waals surface area contributed by atoms with Crippen molar-refractivity contribution in [2.75, 3.05) is 13.6 Å². The Morgan fingerprint density at radius 2 is 1.96 bits per heavy atom. The molecule has 9 atom stereocenters. The molecule has 8 heteroatoms. The molecule has 158 valence electrons. The van der Waals surface area contributed by atoms with Crippen molar-refractivity contribution in [3.8, 4) is 0 Å². The number of rotatable bonds is 7. The van der Waals surface area contributed by atoms with Crippen molar-refractivity contribution in [2.24, 2.45) is 5.92 Å². The normalized spacial score (nSPS) is 39.9. The van der Waals surface area contributed by atoms with Gasteiger partial charge >= 0.3 is 0 Å². The zero-order chi connectivity index (χ0) is 20.3. The van der Waals surface area contributed by atoms with Crippen LogP contribution in [-0.2, 0) is 9.53 Å². The molecule has 0 aromatic carbocycles. The predicted molar refractivity (Wildman–Crippen MR) is 104 cm³/mol. The summed E-state index contributed by atoms with van der Waals surface area (Å²) >= 11 is 6.30. The number of likely N-dealkylation sites (N-methyl/N-ethyl adjacent to an activating group) is 1. The highest BCUT2D eigenvalue weighted by Gasteiger charge is 2.47. The summed E-state index contributed by atoms with van der Waals surface area (Å²) in [6, 6.07) is -0.916. The molecule has 2 heterocycles. The van der Waals surface area contributed by atoms with Crippen molar-refractivity contribution >= 4 is 17.5 Å². The maximum absolute atomic E-state index is 12.9. The second-order valence-electron chi connectivity index (χ2n) is 8.19. The number of aliphatic hydroxyl groups is 3. The number of halogens is 1. The minimum Gasteiger partial charge on any atom is -0.388 e. The molecule has 0 spiro atoms. The Hall–Kier alpha value is -0.440. The second-order valence-corrected chi connectivity index (χ2v) is 8.88. The summed E-state index contributed by atoms with van der Waals surface area (Å²) in [7, 11) is 1.95. The van der Waals surface area contributed by atoms with Gasteiger partial charge in [0.15, 0.2) is 0 Å². The largest absolute Gasteiger partial charge is 0.388 e. The van der Waals surface area contributed by atoms with E-state index in [0.717, 1.165) is 32.2 Å². The highest BCUT2D eigenvalue weighted by atomic mass is 35.5. The van der Waals surface area contributed by atoms with E-state index in [2.05, 4.69) is 17.1 Å². The lowest BCUT2D eigenvalue weighted by Crippen LogP contribution is -2.65. The number of nitrogens with zero attached hydrogens (tertiary/aromatic N) is 1. The van der Waals surface area contributed by atoms with Gasteiger partial charge in [0.1, 0.15) is 24.4 Å². The van der Waals surface area contributed by atoms with E-state index in [1.54, 1.807) is 13.8 Å². The Kier molecular flexibility index (Phi) is 8.34. The first-order valence-corrected chi connectivity index (χ1v) is 10.4. The molecule has 27 heavy (non-hydrogen) atoms. The lowest BCUT2D eigenvalue weighted by molar-refractivity contribution is -0.223. The van der Waals surface area contributed by atoms with Crippen LogP contribution in [0.5, 0.6) is 0 Å².